The fraction of sp³-hybridized carbons (Fsp3) is 0.600. The molecule has 2 N–H and O–H groups in total. The smallest absolute Gasteiger partial charge is 0.122 e. The molecule has 1 saturated carbocycles. The summed E-state index contributed by atoms with van der Waals surface area (Å²) in [6.45, 7) is 5.26. The van der Waals surface area contributed by atoms with Crippen molar-refractivity contribution in [2.75, 3.05) is 13.2 Å². The Kier molecular flexibility index (Phi) is 4.61. The van der Waals surface area contributed by atoms with Crippen molar-refractivity contribution in [3.05, 3.63) is 29.8 Å². The van der Waals surface area contributed by atoms with Crippen LogP contribution in [0.1, 0.15) is 38.2 Å². The Bertz CT molecular complexity index is 375. The number of aliphatic hydroxyl groups excluding tert-OH is 1. The van der Waals surface area contributed by atoms with Crippen LogP contribution in [0.15, 0.2) is 24.3 Å². The van der Waals surface area contributed by atoms with E-state index in [-0.39, 0.29) is 0 Å². The molecule has 3 nitrogen and oxygen atoms in total. The van der Waals surface area contributed by atoms with Crippen LogP contribution in [-0.2, 0) is 0 Å². The third-order valence-corrected chi connectivity index (χ3v) is 3.19. The number of rotatable bonds is 7. The lowest BCUT2D eigenvalue weighted by Gasteiger charge is -2.16. The van der Waals surface area contributed by atoms with Crippen LogP contribution in [0.2, 0.25) is 0 Å². The van der Waals surface area contributed by atoms with Crippen LogP contribution >= 0.6 is 0 Å². The Labute approximate surface area is 109 Å². The molecule has 2 rings (SSSR count). The van der Waals surface area contributed by atoms with Gasteiger partial charge in [-0.15, -0.1) is 0 Å². The van der Waals surface area contributed by atoms with Crippen LogP contribution in [0, 0.1) is 0 Å². The van der Waals surface area contributed by atoms with Crippen molar-refractivity contribution in [3.63, 3.8) is 0 Å². The third kappa shape index (κ3) is 4.00. The van der Waals surface area contributed by atoms with Crippen LogP contribution in [-0.4, -0.2) is 30.4 Å². The van der Waals surface area contributed by atoms with Gasteiger partial charge in [0.05, 0.1) is 0 Å². The summed E-state index contributed by atoms with van der Waals surface area (Å²) in [7, 11) is 0. The van der Waals surface area contributed by atoms with Gasteiger partial charge in [0.2, 0.25) is 0 Å². The second kappa shape index (κ2) is 6.21. The fourth-order valence-corrected chi connectivity index (χ4v) is 1.92. The van der Waals surface area contributed by atoms with Crippen molar-refractivity contribution in [3.8, 4) is 5.75 Å². The van der Waals surface area contributed by atoms with E-state index >= 15 is 0 Å². The molecule has 0 heterocycles. The van der Waals surface area contributed by atoms with Crippen LogP contribution in [0.25, 0.3) is 0 Å². The van der Waals surface area contributed by atoms with Gasteiger partial charge >= 0.3 is 0 Å². The van der Waals surface area contributed by atoms with Gasteiger partial charge in [-0.3, -0.25) is 0 Å². The van der Waals surface area contributed by atoms with Gasteiger partial charge in [0.15, 0.2) is 0 Å². The normalized spacial score (nSPS) is 16.9. The van der Waals surface area contributed by atoms with Gasteiger partial charge in [-0.1, -0.05) is 32.0 Å². The van der Waals surface area contributed by atoms with E-state index in [0.717, 1.165) is 5.75 Å². The van der Waals surface area contributed by atoms with E-state index < -0.39 is 6.10 Å². The minimum atomic E-state index is -0.439. The summed E-state index contributed by atoms with van der Waals surface area (Å²) in [5.74, 6) is 1.32. The molecule has 0 spiro atoms. The summed E-state index contributed by atoms with van der Waals surface area (Å²) in [4.78, 5) is 0. The van der Waals surface area contributed by atoms with Gasteiger partial charge in [-0.2, -0.15) is 0 Å². The molecule has 1 aliphatic carbocycles. The Morgan fingerprint density at radius 3 is 2.72 bits per heavy atom. The Morgan fingerprint density at radius 1 is 1.33 bits per heavy atom. The Balaban J connectivity index is 1.80. The first-order valence-electron chi connectivity index (χ1n) is 6.80. The lowest BCUT2D eigenvalue weighted by atomic mass is 10.0. The molecule has 1 fully saturated rings. The van der Waals surface area contributed by atoms with E-state index in [9.17, 15) is 5.11 Å². The number of hydrogen-bond acceptors (Lipinski definition) is 3. The Hall–Kier alpha value is -1.06. The predicted octanol–water partition coefficient (Wildman–Crippen LogP) is 2.30. The second-order valence-electron chi connectivity index (χ2n) is 5.34. The van der Waals surface area contributed by atoms with Crippen LogP contribution in [0.3, 0.4) is 0 Å². The molecule has 0 aromatic heterocycles. The first kappa shape index (κ1) is 13.4. The van der Waals surface area contributed by atoms with E-state index in [1.54, 1.807) is 0 Å². The van der Waals surface area contributed by atoms with Crippen molar-refractivity contribution < 1.29 is 9.84 Å². The first-order chi connectivity index (χ1) is 8.66. The molecule has 0 bridgehead atoms. The summed E-state index contributed by atoms with van der Waals surface area (Å²) in [6.07, 6.45) is 2.04. The molecule has 3 heteroatoms. The zero-order valence-electron chi connectivity index (χ0n) is 11.2. The van der Waals surface area contributed by atoms with E-state index in [1.807, 2.05) is 18.2 Å². The van der Waals surface area contributed by atoms with Crippen molar-refractivity contribution >= 4 is 0 Å². The number of ether oxygens (including phenoxy) is 1. The minimum Gasteiger partial charge on any atom is -0.491 e. The molecule has 0 amide bonds. The topological polar surface area (TPSA) is 41.5 Å². The first-order valence-corrected chi connectivity index (χ1v) is 6.80. The summed E-state index contributed by atoms with van der Waals surface area (Å²) in [5.41, 5.74) is 1.19. The molecular weight excluding hydrogens is 226 g/mol. The lowest BCUT2D eigenvalue weighted by molar-refractivity contribution is 0.105. The third-order valence-electron chi connectivity index (χ3n) is 3.19. The standard InChI is InChI=1S/C15H23NO2/c1-11(2)14-5-3-4-6-15(14)18-10-13(17)9-16-12-7-8-12/h3-6,11-13,16-17H,7-10H2,1-2H3. The van der Waals surface area contributed by atoms with Gasteiger partial charge in [0, 0.05) is 12.6 Å². The molecule has 0 aliphatic heterocycles. The molecule has 0 radical (unpaired) electrons. The highest BCUT2D eigenvalue weighted by Crippen LogP contribution is 2.25. The highest BCUT2D eigenvalue weighted by atomic mass is 16.5. The summed E-state index contributed by atoms with van der Waals surface area (Å²) >= 11 is 0. The SMILES string of the molecule is CC(C)c1ccccc1OCC(O)CNC1CC1. The second-order valence-corrected chi connectivity index (χ2v) is 5.34. The van der Waals surface area contributed by atoms with Crippen molar-refractivity contribution in [1.82, 2.24) is 5.32 Å². The molecule has 1 atom stereocenters. The highest BCUT2D eigenvalue weighted by Gasteiger charge is 2.21. The predicted molar refractivity (Wildman–Crippen MR) is 73.1 cm³/mol. The molecule has 18 heavy (non-hydrogen) atoms. The zero-order chi connectivity index (χ0) is 13.0. The van der Waals surface area contributed by atoms with Crippen LogP contribution in [0.4, 0.5) is 0 Å². The molecule has 1 aliphatic rings. The van der Waals surface area contributed by atoms with Gasteiger partial charge in [0.25, 0.3) is 0 Å². The van der Waals surface area contributed by atoms with E-state index in [1.165, 1.54) is 18.4 Å². The zero-order valence-corrected chi connectivity index (χ0v) is 11.2. The maximum atomic E-state index is 9.83. The maximum absolute atomic E-state index is 9.83. The molecule has 1 aromatic rings. The average Bonchev–Trinajstić information content (AvgIpc) is 3.18. The van der Waals surface area contributed by atoms with Gasteiger partial charge < -0.3 is 15.2 Å². The summed E-state index contributed by atoms with van der Waals surface area (Å²) < 4.78 is 5.72. The number of para-hydroxylation sites is 1. The maximum Gasteiger partial charge on any atom is 0.122 e. The van der Waals surface area contributed by atoms with Gasteiger partial charge in [-0.25, -0.2) is 0 Å². The number of nitrogens with one attached hydrogen (secondary N) is 1. The lowest BCUT2D eigenvalue weighted by Crippen LogP contribution is -2.32. The van der Waals surface area contributed by atoms with Crippen LogP contribution < -0.4 is 10.1 Å². The van der Waals surface area contributed by atoms with Crippen molar-refractivity contribution in [2.24, 2.45) is 0 Å². The van der Waals surface area contributed by atoms with E-state index in [4.69, 9.17) is 4.74 Å². The average molecular weight is 249 g/mol. The Morgan fingerprint density at radius 2 is 2.06 bits per heavy atom. The van der Waals surface area contributed by atoms with Gasteiger partial charge in [0.1, 0.15) is 18.5 Å². The largest absolute Gasteiger partial charge is 0.491 e. The number of benzene rings is 1. The summed E-state index contributed by atoms with van der Waals surface area (Å²) in [5, 5.41) is 13.1. The van der Waals surface area contributed by atoms with Crippen molar-refractivity contribution in [1.29, 1.82) is 0 Å². The molecule has 100 valence electrons. The summed E-state index contributed by atoms with van der Waals surface area (Å²) in [6, 6.07) is 8.66. The molecule has 1 aromatic carbocycles. The van der Waals surface area contributed by atoms with Gasteiger partial charge in [-0.05, 0) is 30.4 Å². The van der Waals surface area contributed by atoms with Crippen molar-refractivity contribution in [2.45, 2.75) is 44.8 Å². The monoisotopic (exact) mass is 249 g/mol. The number of hydrogen-bond donors (Lipinski definition) is 2. The quantitative estimate of drug-likeness (QED) is 0.779. The number of aliphatic hydroxyl groups is 1. The van der Waals surface area contributed by atoms with E-state index in [0.29, 0.717) is 25.1 Å². The van der Waals surface area contributed by atoms with Crippen LogP contribution in [0.5, 0.6) is 5.75 Å². The molecule has 0 saturated heterocycles. The highest BCUT2D eigenvalue weighted by molar-refractivity contribution is 5.35. The van der Waals surface area contributed by atoms with E-state index in [2.05, 4.69) is 25.2 Å². The fourth-order valence-electron chi connectivity index (χ4n) is 1.92. The molecular formula is C15H23NO2. The molecule has 1 unspecified atom stereocenters. The minimum absolute atomic E-state index is 0.351.